The number of aromatic nitrogens is 3. The highest BCUT2D eigenvalue weighted by molar-refractivity contribution is 7.10. The number of rotatable bonds is 7. The maximum absolute atomic E-state index is 12.6. The summed E-state index contributed by atoms with van der Waals surface area (Å²) in [5, 5.41) is 12.6. The first-order valence-electron chi connectivity index (χ1n) is 8.27. The molecule has 0 spiro atoms. The average Bonchev–Trinajstić information content (AvgIpc) is 3.28. The van der Waals surface area contributed by atoms with Crippen LogP contribution in [0.3, 0.4) is 0 Å². The van der Waals surface area contributed by atoms with E-state index in [0.29, 0.717) is 6.42 Å². The van der Waals surface area contributed by atoms with Gasteiger partial charge >= 0.3 is 0 Å². The molecule has 0 saturated heterocycles. The van der Waals surface area contributed by atoms with E-state index < -0.39 is 0 Å². The van der Waals surface area contributed by atoms with Gasteiger partial charge in [0.25, 0.3) is 0 Å². The average molecular weight is 375 g/mol. The summed E-state index contributed by atoms with van der Waals surface area (Å²) in [6.07, 6.45) is 2.95. The van der Waals surface area contributed by atoms with Crippen LogP contribution in [0.15, 0.2) is 35.2 Å². The molecule has 3 aromatic heterocycles. The quantitative estimate of drug-likeness (QED) is 0.678. The smallest absolute Gasteiger partial charge is 0.222 e. The van der Waals surface area contributed by atoms with Gasteiger partial charge in [0.05, 0.1) is 17.8 Å². The Labute approximate surface area is 155 Å². The highest BCUT2D eigenvalue weighted by Crippen LogP contribution is 2.24. The molecule has 0 aliphatic carbocycles. The van der Waals surface area contributed by atoms with Gasteiger partial charge in [0.2, 0.25) is 5.91 Å². The highest BCUT2D eigenvalue weighted by atomic mass is 32.1. The maximum atomic E-state index is 12.6. The Morgan fingerprint density at radius 1 is 1.32 bits per heavy atom. The van der Waals surface area contributed by atoms with Crippen LogP contribution in [0.1, 0.15) is 46.7 Å². The van der Waals surface area contributed by atoms with Crippen molar-refractivity contribution < 1.29 is 4.79 Å². The van der Waals surface area contributed by atoms with E-state index in [9.17, 15) is 4.79 Å². The number of thiophene rings is 1. The molecule has 0 aliphatic heterocycles. The molecule has 0 bridgehead atoms. The number of hydrogen-bond donors (Lipinski definition) is 1. The molecule has 1 amide bonds. The first kappa shape index (κ1) is 17.8. The lowest BCUT2D eigenvalue weighted by atomic mass is 10.1. The van der Waals surface area contributed by atoms with E-state index in [4.69, 9.17) is 0 Å². The molecule has 25 heavy (non-hydrogen) atoms. The van der Waals surface area contributed by atoms with Crippen molar-refractivity contribution in [1.82, 2.24) is 20.1 Å². The molecule has 0 fully saturated rings. The van der Waals surface area contributed by atoms with Crippen LogP contribution >= 0.6 is 22.7 Å². The van der Waals surface area contributed by atoms with Gasteiger partial charge in [-0.1, -0.05) is 6.07 Å². The van der Waals surface area contributed by atoms with Crippen molar-refractivity contribution in [2.45, 2.75) is 45.7 Å². The first-order valence-corrected chi connectivity index (χ1v) is 10.0. The largest absolute Gasteiger partial charge is 0.346 e. The van der Waals surface area contributed by atoms with Gasteiger partial charge in [-0.3, -0.25) is 9.48 Å². The van der Waals surface area contributed by atoms with Crippen molar-refractivity contribution in [2.75, 3.05) is 0 Å². The number of aryl methyl sites for hydroxylation is 2. The summed E-state index contributed by atoms with van der Waals surface area (Å²) >= 11 is 3.28. The zero-order valence-corrected chi connectivity index (χ0v) is 16.2. The molecule has 0 saturated carbocycles. The third kappa shape index (κ3) is 4.55. The van der Waals surface area contributed by atoms with Crippen LogP contribution in [0.4, 0.5) is 0 Å². The predicted molar refractivity (Wildman–Crippen MR) is 102 cm³/mol. The second-order valence-corrected chi connectivity index (χ2v) is 8.16. The minimum atomic E-state index is -0.0844. The molecule has 3 heterocycles. The highest BCUT2D eigenvalue weighted by Gasteiger charge is 2.20. The Morgan fingerprint density at radius 2 is 2.16 bits per heavy atom. The van der Waals surface area contributed by atoms with Crippen molar-refractivity contribution in [3.63, 3.8) is 0 Å². The fraction of sp³-hybridized carbons (Fsp3) is 0.389. The molecule has 0 aliphatic rings. The Bertz CT molecular complexity index is 808. The summed E-state index contributed by atoms with van der Waals surface area (Å²) in [4.78, 5) is 18.2. The summed E-state index contributed by atoms with van der Waals surface area (Å²) in [5.74, 6) is 0.0248. The predicted octanol–water partition coefficient (Wildman–Crippen LogP) is 4.07. The van der Waals surface area contributed by atoms with Crippen LogP contribution in [0.2, 0.25) is 0 Å². The topological polar surface area (TPSA) is 59.8 Å². The summed E-state index contributed by atoms with van der Waals surface area (Å²) in [7, 11) is 0. The van der Waals surface area contributed by atoms with Crippen LogP contribution in [-0.4, -0.2) is 20.7 Å². The van der Waals surface area contributed by atoms with Crippen LogP contribution < -0.4 is 5.32 Å². The molecule has 2 unspecified atom stereocenters. The van der Waals surface area contributed by atoms with Crippen molar-refractivity contribution in [1.29, 1.82) is 0 Å². The molecular formula is C18H22N4OS2. The SMILES string of the molecule is Cc1cc(C)n(C(C)CC(=O)NC(Cc2cccs2)c2nccs2)n1. The summed E-state index contributed by atoms with van der Waals surface area (Å²) in [5.41, 5.74) is 2.05. The maximum Gasteiger partial charge on any atom is 0.222 e. The van der Waals surface area contributed by atoms with Gasteiger partial charge in [-0.05, 0) is 38.3 Å². The number of nitrogens with zero attached hydrogens (tertiary/aromatic N) is 3. The zero-order chi connectivity index (χ0) is 17.8. The molecule has 3 aromatic rings. The van der Waals surface area contributed by atoms with Gasteiger partial charge < -0.3 is 5.32 Å². The monoisotopic (exact) mass is 374 g/mol. The van der Waals surface area contributed by atoms with E-state index in [0.717, 1.165) is 22.8 Å². The lowest BCUT2D eigenvalue weighted by Crippen LogP contribution is -2.31. The number of carbonyl (C=O) groups is 1. The van der Waals surface area contributed by atoms with Crippen molar-refractivity contribution in [2.24, 2.45) is 0 Å². The van der Waals surface area contributed by atoms with Crippen LogP contribution in [0, 0.1) is 13.8 Å². The van der Waals surface area contributed by atoms with Crippen LogP contribution in [0.25, 0.3) is 0 Å². The first-order chi connectivity index (χ1) is 12.0. The molecule has 5 nitrogen and oxygen atoms in total. The van der Waals surface area contributed by atoms with Crippen LogP contribution in [-0.2, 0) is 11.2 Å². The fourth-order valence-electron chi connectivity index (χ4n) is 2.94. The Balaban J connectivity index is 1.66. The van der Waals surface area contributed by atoms with E-state index in [1.807, 2.05) is 43.0 Å². The van der Waals surface area contributed by atoms with E-state index in [2.05, 4.69) is 26.8 Å². The van der Waals surface area contributed by atoms with E-state index in [-0.39, 0.29) is 18.0 Å². The van der Waals surface area contributed by atoms with Gasteiger partial charge in [-0.25, -0.2) is 4.98 Å². The standard InChI is InChI=1S/C18H22N4OS2/c1-12-9-13(2)22(21-12)14(3)10-17(23)20-16(18-19-6-8-25-18)11-15-5-4-7-24-15/h4-9,14,16H,10-11H2,1-3H3,(H,20,23). The molecular weight excluding hydrogens is 352 g/mol. The van der Waals surface area contributed by atoms with Crippen molar-refractivity contribution in [3.8, 4) is 0 Å². The lowest BCUT2D eigenvalue weighted by Gasteiger charge is -2.19. The molecule has 1 N–H and O–H groups in total. The number of thiazole rings is 1. The minimum Gasteiger partial charge on any atom is -0.346 e. The normalized spacial score (nSPS) is 13.6. The lowest BCUT2D eigenvalue weighted by molar-refractivity contribution is -0.122. The van der Waals surface area contributed by atoms with Gasteiger partial charge in [0.15, 0.2) is 0 Å². The molecule has 7 heteroatoms. The summed E-state index contributed by atoms with van der Waals surface area (Å²) in [6.45, 7) is 6.01. The minimum absolute atomic E-state index is 0.0207. The Hall–Kier alpha value is -1.99. The Kier molecular flexibility index (Phi) is 5.65. The third-order valence-corrected chi connectivity index (χ3v) is 5.80. The van der Waals surface area contributed by atoms with Crippen molar-refractivity contribution in [3.05, 3.63) is 56.4 Å². The van der Waals surface area contributed by atoms with E-state index in [1.165, 1.54) is 4.88 Å². The molecule has 2 atom stereocenters. The van der Waals surface area contributed by atoms with Gasteiger partial charge in [0.1, 0.15) is 5.01 Å². The van der Waals surface area contributed by atoms with E-state index in [1.54, 1.807) is 28.9 Å². The molecule has 0 radical (unpaired) electrons. The van der Waals surface area contributed by atoms with E-state index >= 15 is 0 Å². The molecule has 132 valence electrons. The van der Waals surface area contributed by atoms with Gasteiger partial charge in [-0.15, -0.1) is 22.7 Å². The second kappa shape index (κ2) is 7.93. The van der Waals surface area contributed by atoms with Gasteiger partial charge in [0, 0.05) is 35.0 Å². The second-order valence-electron chi connectivity index (χ2n) is 6.20. The van der Waals surface area contributed by atoms with Crippen LogP contribution in [0.5, 0.6) is 0 Å². The van der Waals surface area contributed by atoms with Gasteiger partial charge in [-0.2, -0.15) is 5.10 Å². The third-order valence-electron chi connectivity index (χ3n) is 4.01. The zero-order valence-electron chi connectivity index (χ0n) is 14.6. The Morgan fingerprint density at radius 3 is 2.76 bits per heavy atom. The fourth-order valence-corrected chi connectivity index (χ4v) is 4.38. The number of carbonyl (C=O) groups excluding carboxylic acids is 1. The molecule has 3 rings (SSSR count). The molecule has 0 aromatic carbocycles. The summed E-state index contributed by atoms with van der Waals surface area (Å²) in [6, 6.07) is 6.09. The number of hydrogen-bond acceptors (Lipinski definition) is 5. The van der Waals surface area contributed by atoms with Crippen molar-refractivity contribution >= 4 is 28.6 Å². The number of amides is 1. The number of nitrogens with one attached hydrogen (secondary N) is 1. The summed E-state index contributed by atoms with van der Waals surface area (Å²) < 4.78 is 1.92.